The van der Waals surface area contributed by atoms with Crippen molar-refractivity contribution in [3.8, 4) is 0 Å². The molecule has 8 heteroatoms. The summed E-state index contributed by atoms with van der Waals surface area (Å²) in [4.78, 5) is 28.4. The van der Waals surface area contributed by atoms with Crippen molar-refractivity contribution >= 4 is 35.3 Å². The molecule has 0 spiro atoms. The van der Waals surface area contributed by atoms with Crippen molar-refractivity contribution in [2.24, 2.45) is 0 Å². The van der Waals surface area contributed by atoms with E-state index < -0.39 is 11.7 Å². The van der Waals surface area contributed by atoms with Gasteiger partial charge in [0, 0.05) is 11.4 Å². The molecule has 1 N–H and O–H groups in total. The fourth-order valence-electron chi connectivity index (χ4n) is 3.44. The fraction of sp³-hybridized carbons (Fsp3) is 0.154. The molecule has 0 bridgehead atoms. The molecular weight excluding hydrogens is 461 g/mol. The third-order valence-corrected chi connectivity index (χ3v) is 6.36. The third-order valence-electron chi connectivity index (χ3n) is 5.28. The first-order valence-electron chi connectivity index (χ1n) is 10.5. The van der Waals surface area contributed by atoms with Crippen molar-refractivity contribution in [2.75, 3.05) is 11.4 Å². The average molecular weight is 483 g/mol. The van der Waals surface area contributed by atoms with E-state index >= 15 is 0 Å². The minimum atomic E-state index is -4.43. The summed E-state index contributed by atoms with van der Waals surface area (Å²) >= 11 is 1.23. The first kappa shape index (κ1) is 23.6. The van der Waals surface area contributed by atoms with E-state index in [9.17, 15) is 22.8 Å². The number of amides is 2. The van der Waals surface area contributed by atoms with Crippen LogP contribution in [0.25, 0.3) is 6.08 Å². The van der Waals surface area contributed by atoms with Gasteiger partial charge in [0.25, 0.3) is 5.91 Å². The monoisotopic (exact) mass is 482 g/mol. The number of para-hydroxylation sites is 1. The molecule has 0 saturated carbocycles. The van der Waals surface area contributed by atoms with Crippen LogP contribution in [0.1, 0.15) is 22.3 Å². The molecule has 0 fully saturated rings. The van der Waals surface area contributed by atoms with E-state index in [1.165, 1.54) is 28.8 Å². The highest BCUT2D eigenvalue weighted by Crippen LogP contribution is 2.42. The van der Waals surface area contributed by atoms with E-state index in [4.69, 9.17) is 0 Å². The predicted octanol–water partition coefficient (Wildman–Crippen LogP) is 5.81. The van der Waals surface area contributed by atoms with Crippen LogP contribution in [0.2, 0.25) is 0 Å². The number of aryl methyl sites for hydroxylation is 1. The van der Waals surface area contributed by atoms with Crippen LogP contribution in [0.3, 0.4) is 0 Å². The Hall–Kier alpha value is -3.52. The summed E-state index contributed by atoms with van der Waals surface area (Å²) in [5.41, 5.74) is 2.40. The predicted molar refractivity (Wildman–Crippen MR) is 127 cm³/mol. The van der Waals surface area contributed by atoms with Crippen LogP contribution in [-0.2, 0) is 22.3 Å². The minimum absolute atomic E-state index is 0.174. The lowest BCUT2D eigenvalue weighted by atomic mass is 10.1. The number of nitrogens with zero attached hydrogens (tertiary/aromatic N) is 1. The highest BCUT2D eigenvalue weighted by molar-refractivity contribution is 8.04. The molecular formula is C26H21F3N2O2S. The van der Waals surface area contributed by atoms with Crippen LogP contribution in [0.4, 0.5) is 18.9 Å². The Morgan fingerprint density at radius 3 is 2.35 bits per heavy atom. The summed E-state index contributed by atoms with van der Waals surface area (Å²) in [6.07, 6.45) is -2.89. The Bertz CT molecular complexity index is 1240. The van der Waals surface area contributed by atoms with Gasteiger partial charge < -0.3 is 5.32 Å². The quantitative estimate of drug-likeness (QED) is 0.467. The molecule has 4 rings (SSSR count). The van der Waals surface area contributed by atoms with E-state index in [0.717, 1.165) is 28.2 Å². The summed E-state index contributed by atoms with van der Waals surface area (Å²) < 4.78 is 38.5. The molecule has 2 amide bonds. The summed E-state index contributed by atoms with van der Waals surface area (Å²) in [5, 5.41) is 2.84. The first-order chi connectivity index (χ1) is 16.2. The molecule has 0 radical (unpaired) electrons. The summed E-state index contributed by atoms with van der Waals surface area (Å²) in [6, 6.07) is 19.6. The molecule has 4 nitrogen and oxygen atoms in total. The van der Waals surface area contributed by atoms with Crippen LogP contribution in [-0.4, -0.2) is 18.4 Å². The maximum atomic E-state index is 13.2. The van der Waals surface area contributed by atoms with Crippen LogP contribution < -0.4 is 10.2 Å². The van der Waals surface area contributed by atoms with Crippen LogP contribution in [0.5, 0.6) is 0 Å². The molecule has 1 aliphatic heterocycles. The molecule has 174 valence electrons. The molecule has 0 aliphatic carbocycles. The van der Waals surface area contributed by atoms with E-state index in [-0.39, 0.29) is 18.4 Å². The number of halogens is 3. The first-order valence-corrected chi connectivity index (χ1v) is 11.3. The van der Waals surface area contributed by atoms with Gasteiger partial charge in [0.1, 0.15) is 6.54 Å². The van der Waals surface area contributed by atoms with Gasteiger partial charge in [0.05, 0.1) is 16.2 Å². The van der Waals surface area contributed by atoms with Gasteiger partial charge in [0.2, 0.25) is 5.91 Å². The number of fused-ring (bicyclic) bond motifs is 1. The van der Waals surface area contributed by atoms with Gasteiger partial charge in [-0.15, -0.1) is 0 Å². The maximum Gasteiger partial charge on any atom is 0.416 e. The second-order valence-electron chi connectivity index (χ2n) is 7.85. The molecule has 0 atom stereocenters. The minimum Gasteiger partial charge on any atom is -0.350 e. The topological polar surface area (TPSA) is 49.4 Å². The van der Waals surface area contributed by atoms with Crippen molar-refractivity contribution in [3.63, 3.8) is 0 Å². The standard InChI is InChI=1S/C26H21F3N2O2S/c1-17-6-8-19(9-7-17)15-30-24(32)16-31-21-4-2-3-5-22(21)34-23(25(31)33)14-18-10-12-20(13-11-18)26(27,28)29/h2-14H,15-16H2,1H3,(H,30,32)/b23-14+. The number of rotatable bonds is 5. The molecule has 3 aromatic rings. The zero-order valence-corrected chi connectivity index (χ0v) is 19.0. The lowest BCUT2D eigenvalue weighted by molar-refractivity contribution is -0.137. The Balaban J connectivity index is 1.53. The number of hydrogen-bond acceptors (Lipinski definition) is 3. The Morgan fingerprint density at radius 2 is 1.68 bits per heavy atom. The van der Waals surface area contributed by atoms with Crippen molar-refractivity contribution in [1.29, 1.82) is 0 Å². The van der Waals surface area contributed by atoms with Gasteiger partial charge >= 0.3 is 6.18 Å². The van der Waals surface area contributed by atoms with Gasteiger partial charge in [-0.3, -0.25) is 14.5 Å². The molecule has 0 saturated heterocycles. The summed E-state index contributed by atoms with van der Waals surface area (Å²) in [7, 11) is 0. The number of nitrogens with one attached hydrogen (secondary N) is 1. The zero-order valence-electron chi connectivity index (χ0n) is 18.2. The van der Waals surface area contributed by atoms with Gasteiger partial charge in [-0.05, 0) is 48.4 Å². The molecule has 0 unspecified atom stereocenters. The Labute approximate surface area is 199 Å². The van der Waals surface area contributed by atoms with Gasteiger partial charge in [-0.25, -0.2) is 0 Å². The third kappa shape index (κ3) is 5.51. The average Bonchev–Trinajstić information content (AvgIpc) is 2.81. The van der Waals surface area contributed by atoms with Gasteiger partial charge in [-0.2, -0.15) is 13.2 Å². The Morgan fingerprint density at radius 1 is 1.00 bits per heavy atom. The largest absolute Gasteiger partial charge is 0.416 e. The van der Waals surface area contributed by atoms with Crippen molar-refractivity contribution in [2.45, 2.75) is 24.5 Å². The molecule has 1 heterocycles. The lowest BCUT2D eigenvalue weighted by Crippen LogP contribution is -2.42. The summed E-state index contributed by atoms with van der Waals surface area (Å²) in [6.45, 7) is 2.15. The number of alkyl halides is 3. The molecule has 34 heavy (non-hydrogen) atoms. The highest BCUT2D eigenvalue weighted by Gasteiger charge is 2.31. The number of anilines is 1. The van der Waals surface area contributed by atoms with Gasteiger partial charge in [0.15, 0.2) is 0 Å². The van der Waals surface area contributed by atoms with E-state index in [1.54, 1.807) is 18.2 Å². The number of carbonyl (C=O) groups excluding carboxylic acids is 2. The van der Waals surface area contributed by atoms with E-state index in [2.05, 4.69) is 5.32 Å². The van der Waals surface area contributed by atoms with Crippen molar-refractivity contribution in [3.05, 3.63) is 100.0 Å². The number of carbonyl (C=O) groups is 2. The molecule has 0 aromatic heterocycles. The van der Waals surface area contributed by atoms with Crippen LogP contribution >= 0.6 is 11.8 Å². The normalized spacial score (nSPS) is 14.8. The number of hydrogen-bond donors (Lipinski definition) is 1. The number of benzene rings is 3. The second-order valence-corrected chi connectivity index (χ2v) is 8.94. The SMILES string of the molecule is Cc1ccc(CNC(=O)CN2C(=O)/C(=C\c3ccc(C(F)(F)F)cc3)Sc3ccccc32)cc1. The fourth-order valence-corrected chi connectivity index (χ4v) is 4.50. The van der Waals surface area contributed by atoms with Crippen LogP contribution in [0, 0.1) is 6.92 Å². The summed E-state index contributed by atoms with van der Waals surface area (Å²) in [5.74, 6) is -0.696. The van der Waals surface area contributed by atoms with Gasteiger partial charge in [-0.1, -0.05) is 65.9 Å². The van der Waals surface area contributed by atoms with Crippen molar-refractivity contribution < 1.29 is 22.8 Å². The van der Waals surface area contributed by atoms with Crippen molar-refractivity contribution in [1.82, 2.24) is 5.32 Å². The van der Waals surface area contributed by atoms with E-state index in [0.29, 0.717) is 22.7 Å². The van der Waals surface area contributed by atoms with Crippen LogP contribution in [0.15, 0.2) is 82.6 Å². The smallest absolute Gasteiger partial charge is 0.350 e. The highest BCUT2D eigenvalue weighted by atomic mass is 32.2. The molecule has 3 aromatic carbocycles. The zero-order chi connectivity index (χ0) is 24.3. The Kier molecular flexibility index (Phi) is 6.79. The lowest BCUT2D eigenvalue weighted by Gasteiger charge is -2.29. The molecule has 1 aliphatic rings. The van der Waals surface area contributed by atoms with E-state index in [1.807, 2.05) is 43.3 Å². The number of thioether (sulfide) groups is 1. The maximum absolute atomic E-state index is 13.2. The second kappa shape index (κ2) is 9.77.